The Hall–Kier alpha value is -2.97. The summed E-state index contributed by atoms with van der Waals surface area (Å²) in [5.41, 5.74) is 16.2. The number of amides is 1. The fourth-order valence-corrected chi connectivity index (χ4v) is 4.00. The van der Waals surface area contributed by atoms with Crippen LogP contribution in [0.2, 0.25) is 0 Å². The highest BCUT2D eigenvalue weighted by molar-refractivity contribution is 6.10. The fraction of sp³-hybridized carbons (Fsp3) is 0.222. The summed E-state index contributed by atoms with van der Waals surface area (Å²) in [5, 5.41) is 3.73. The summed E-state index contributed by atoms with van der Waals surface area (Å²) in [6.07, 6.45) is 1.48. The van der Waals surface area contributed by atoms with Crippen molar-refractivity contribution in [3.8, 4) is 22.3 Å². The highest BCUT2D eigenvalue weighted by atomic mass is 35.5. The van der Waals surface area contributed by atoms with Gasteiger partial charge in [0.1, 0.15) is 17.3 Å². The Balaban J connectivity index is 0.00000228. The van der Waals surface area contributed by atoms with Crippen molar-refractivity contribution in [3.63, 3.8) is 0 Å². The van der Waals surface area contributed by atoms with Crippen molar-refractivity contribution < 1.29 is 13.6 Å². The quantitative estimate of drug-likeness (QED) is 0.229. The topological polar surface area (TPSA) is 96.9 Å². The molecule has 0 fully saturated rings. The third-order valence-corrected chi connectivity index (χ3v) is 5.85. The molecule has 0 radical (unpaired) electrons. The number of aromatic nitrogens is 1. The lowest BCUT2D eigenvalue weighted by Gasteiger charge is -2.14. The van der Waals surface area contributed by atoms with Crippen LogP contribution >= 0.6 is 24.8 Å². The van der Waals surface area contributed by atoms with Gasteiger partial charge in [-0.05, 0) is 66.8 Å². The van der Waals surface area contributed by atoms with E-state index in [1.54, 1.807) is 24.3 Å². The summed E-state index contributed by atoms with van der Waals surface area (Å²) in [6, 6.07) is 17.9. The average Bonchev–Trinajstić information content (AvgIpc) is 3.21. The molecule has 0 aliphatic rings. The first-order valence-corrected chi connectivity index (χ1v) is 11.3. The molecule has 4 aromatic rings. The van der Waals surface area contributed by atoms with Gasteiger partial charge in [-0.2, -0.15) is 0 Å². The number of fused-ring (bicyclic) bond motifs is 1. The molecule has 0 aliphatic carbocycles. The van der Waals surface area contributed by atoms with Crippen molar-refractivity contribution in [1.82, 2.24) is 10.3 Å². The summed E-state index contributed by atoms with van der Waals surface area (Å²) in [6.45, 7) is 2.23. The minimum atomic E-state index is -0.353. The average molecular weight is 535 g/mol. The first kappa shape index (κ1) is 29.3. The molecule has 0 saturated heterocycles. The van der Waals surface area contributed by atoms with Gasteiger partial charge in [-0.3, -0.25) is 4.79 Å². The highest BCUT2D eigenvalue weighted by Crippen LogP contribution is 2.35. The van der Waals surface area contributed by atoms with Crippen molar-refractivity contribution in [2.24, 2.45) is 11.5 Å². The standard InChI is InChI=1S/C27H28F2N4O.2ClH/c1-16(30)2-12-22(31)15-32-27(34)26-25(18-5-10-21(29)11-6-18)23-13-7-19(14-24(23)33-26)17-3-8-20(28)9-4-17;;/h3-11,13-14,16,22,33H,2,12,15,30-31H2,1H3,(H,32,34);2*1H. The Morgan fingerprint density at radius 2 is 1.42 bits per heavy atom. The number of rotatable bonds is 8. The summed E-state index contributed by atoms with van der Waals surface area (Å²) in [7, 11) is 0. The van der Waals surface area contributed by atoms with Crippen molar-refractivity contribution in [2.75, 3.05) is 6.54 Å². The second kappa shape index (κ2) is 12.8. The van der Waals surface area contributed by atoms with E-state index in [-0.39, 0.29) is 54.4 Å². The van der Waals surface area contributed by atoms with Gasteiger partial charge in [0.25, 0.3) is 5.91 Å². The van der Waals surface area contributed by atoms with E-state index >= 15 is 0 Å². The van der Waals surface area contributed by atoms with Crippen LogP contribution in [0.1, 0.15) is 30.3 Å². The van der Waals surface area contributed by atoms with E-state index in [2.05, 4.69) is 10.3 Å². The molecule has 5 nitrogen and oxygen atoms in total. The van der Waals surface area contributed by atoms with Gasteiger partial charge in [0, 0.05) is 35.1 Å². The van der Waals surface area contributed by atoms with Crippen LogP contribution in [0.4, 0.5) is 8.78 Å². The third-order valence-electron chi connectivity index (χ3n) is 5.85. The van der Waals surface area contributed by atoms with Crippen molar-refractivity contribution >= 4 is 41.6 Å². The molecule has 1 aromatic heterocycles. The molecule has 2 atom stereocenters. The van der Waals surface area contributed by atoms with E-state index < -0.39 is 0 Å². The molecule has 0 saturated carbocycles. The monoisotopic (exact) mass is 534 g/mol. The largest absolute Gasteiger partial charge is 0.350 e. The molecule has 3 aromatic carbocycles. The second-order valence-electron chi connectivity index (χ2n) is 8.67. The number of hydrogen-bond acceptors (Lipinski definition) is 3. The van der Waals surface area contributed by atoms with Crippen LogP contribution < -0.4 is 16.8 Å². The van der Waals surface area contributed by atoms with Crippen LogP contribution in [0.3, 0.4) is 0 Å². The highest BCUT2D eigenvalue weighted by Gasteiger charge is 2.20. The van der Waals surface area contributed by atoms with E-state index in [0.717, 1.165) is 28.5 Å². The van der Waals surface area contributed by atoms with Gasteiger partial charge < -0.3 is 21.8 Å². The molecule has 0 bridgehead atoms. The smallest absolute Gasteiger partial charge is 0.268 e. The maximum absolute atomic E-state index is 13.6. The molecule has 9 heteroatoms. The summed E-state index contributed by atoms with van der Waals surface area (Å²) >= 11 is 0. The molecule has 36 heavy (non-hydrogen) atoms. The number of carbonyl (C=O) groups excluding carboxylic acids is 1. The third kappa shape index (κ3) is 6.83. The van der Waals surface area contributed by atoms with E-state index in [1.165, 1.54) is 24.3 Å². The van der Waals surface area contributed by atoms with Crippen molar-refractivity contribution in [3.05, 3.63) is 84.1 Å². The number of H-pyrrole nitrogens is 1. The number of nitrogens with one attached hydrogen (secondary N) is 2. The Labute approximate surface area is 221 Å². The maximum Gasteiger partial charge on any atom is 0.268 e. The van der Waals surface area contributed by atoms with Crippen LogP contribution in [0.5, 0.6) is 0 Å². The number of carbonyl (C=O) groups is 1. The normalized spacial score (nSPS) is 12.4. The lowest BCUT2D eigenvalue weighted by Crippen LogP contribution is -2.38. The minimum Gasteiger partial charge on any atom is -0.350 e. The number of nitrogens with two attached hydrogens (primary N) is 2. The number of hydrogen-bond donors (Lipinski definition) is 4. The van der Waals surface area contributed by atoms with E-state index in [9.17, 15) is 13.6 Å². The van der Waals surface area contributed by atoms with Crippen molar-refractivity contribution in [1.29, 1.82) is 0 Å². The van der Waals surface area contributed by atoms with Crippen LogP contribution in [0.25, 0.3) is 33.2 Å². The van der Waals surface area contributed by atoms with E-state index in [4.69, 9.17) is 11.5 Å². The first-order valence-electron chi connectivity index (χ1n) is 11.3. The molecule has 4 rings (SSSR count). The lowest BCUT2D eigenvalue weighted by molar-refractivity contribution is 0.0947. The van der Waals surface area contributed by atoms with E-state index in [1.807, 2.05) is 25.1 Å². The van der Waals surface area contributed by atoms with Crippen LogP contribution in [0, 0.1) is 11.6 Å². The van der Waals surface area contributed by atoms with Gasteiger partial charge in [0.2, 0.25) is 0 Å². The molecular weight excluding hydrogens is 505 g/mol. The molecule has 192 valence electrons. The predicted molar refractivity (Wildman–Crippen MR) is 147 cm³/mol. The zero-order valence-electron chi connectivity index (χ0n) is 19.8. The zero-order chi connectivity index (χ0) is 24.2. The molecule has 0 spiro atoms. The van der Waals surface area contributed by atoms with Gasteiger partial charge in [0.15, 0.2) is 0 Å². The zero-order valence-corrected chi connectivity index (χ0v) is 21.4. The number of benzene rings is 3. The Morgan fingerprint density at radius 1 is 0.861 bits per heavy atom. The second-order valence-corrected chi connectivity index (χ2v) is 8.67. The fourth-order valence-electron chi connectivity index (χ4n) is 4.00. The molecular formula is C27H30Cl2F2N4O. The Kier molecular flexibility index (Phi) is 10.4. The van der Waals surface area contributed by atoms with Crippen LogP contribution in [-0.4, -0.2) is 29.5 Å². The van der Waals surface area contributed by atoms with Crippen molar-refractivity contribution in [2.45, 2.75) is 31.8 Å². The summed E-state index contributed by atoms with van der Waals surface area (Å²) in [5.74, 6) is -0.954. The Morgan fingerprint density at radius 3 is 2.00 bits per heavy atom. The van der Waals surface area contributed by atoms with Gasteiger partial charge in [-0.25, -0.2) is 8.78 Å². The SMILES string of the molecule is CC(N)CCC(N)CNC(=O)c1[nH]c2cc(-c3ccc(F)cc3)ccc2c1-c1ccc(F)cc1.Cl.Cl. The summed E-state index contributed by atoms with van der Waals surface area (Å²) in [4.78, 5) is 16.4. The maximum atomic E-state index is 13.6. The number of halogens is 4. The molecule has 6 N–H and O–H groups in total. The van der Waals surface area contributed by atoms with Gasteiger partial charge in [-0.15, -0.1) is 24.8 Å². The Bertz CT molecular complexity index is 1290. The van der Waals surface area contributed by atoms with Gasteiger partial charge in [0.05, 0.1) is 0 Å². The molecule has 2 unspecified atom stereocenters. The first-order chi connectivity index (χ1) is 16.3. The van der Waals surface area contributed by atoms with Gasteiger partial charge in [-0.1, -0.05) is 36.4 Å². The van der Waals surface area contributed by atoms with Gasteiger partial charge >= 0.3 is 0 Å². The molecule has 0 aliphatic heterocycles. The molecule has 1 amide bonds. The lowest BCUT2D eigenvalue weighted by atomic mass is 9.99. The minimum absolute atomic E-state index is 0. The van der Waals surface area contributed by atoms with Crippen LogP contribution in [-0.2, 0) is 0 Å². The number of aromatic amines is 1. The van der Waals surface area contributed by atoms with E-state index in [0.29, 0.717) is 29.8 Å². The molecule has 1 heterocycles. The van der Waals surface area contributed by atoms with Crippen LogP contribution in [0.15, 0.2) is 66.7 Å². The predicted octanol–water partition coefficient (Wildman–Crippen LogP) is 5.81. The summed E-state index contributed by atoms with van der Waals surface area (Å²) < 4.78 is 26.9.